The van der Waals surface area contributed by atoms with Gasteiger partial charge in [-0.05, 0) is 0 Å². The third kappa shape index (κ3) is 6.49. The van der Waals surface area contributed by atoms with Gasteiger partial charge >= 0.3 is 270 Å². The molecule has 4 aromatic rings. The van der Waals surface area contributed by atoms with E-state index in [0.29, 0.717) is 0 Å². The Labute approximate surface area is 269 Å². The van der Waals surface area contributed by atoms with Crippen LogP contribution in [0.3, 0.4) is 0 Å². The van der Waals surface area contributed by atoms with Crippen LogP contribution in [-0.4, -0.2) is 53.7 Å². The Hall–Kier alpha value is -3.02. The van der Waals surface area contributed by atoms with E-state index in [0.717, 1.165) is 51.2 Å². The van der Waals surface area contributed by atoms with E-state index >= 15 is 0 Å². The molecule has 1 aromatic heterocycles. The van der Waals surface area contributed by atoms with E-state index in [2.05, 4.69) is 55.2 Å². The van der Waals surface area contributed by atoms with Gasteiger partial charge in [0.05, 0.1) is 0 Å². The molecule has 6 rings (SSSR count). The zero-order valence-corrected chi connectivity index (χ0v) is 28.8. The van der Waals surface area contributed by atoms with Gasteiger partial charge in [0.2, 0.25) is 0 Å². The average molecular weight is 717 g/mol. The van der Waals surface area contributed by atoms with Crippen LogP contribution < -0.4 is 11.2 Å². The Bertz CT molecular complexity index is 1540. The molecule has 3 heterocycles. The molecule has 0 saturated carbocycles. The average Bonchev–Trinajstić information content (AvgIpc) is 3.61. The second-order valence-electron chi connectivity index (χ2n) is 12.0. The van der Waals surface area contributed by atoms with E-state index in [4.69, 9.17) is 15.6 Å². The number of fused-ring (bicyclic) bond motifs is 1. The normalized spacial score (nSPS) is 22.4. The van der Waals surface area contributed by atoms with Gasteiger partial charge < -0.3 is 0 Å². The summed E-state index contributed by atoms with van der Waals surface area (Å²) in [6.45, 7) is 4.57. The zero-order chi connectivity index (χ0) is 31.3. The number of benzene rings is 3. The van der Waals surface area contributed by atoms with Gasteiger partial charge in [-0.2, -0.15) is 0 Å². The fourth-order valence-electron chi connectivity index (χ4n) is 6.71. The molecule has 1 N–H and O–H groups in total. The van der Waals surface area contributed by atoms with Crippen LogP contribution in [0.5, 0.6) is 0 Å². The maximum absolute atomic E-state index is 13.0. The summed E-state index contributed by atoms with van der Waals surface area (Å²) in [5.74, 6) is 0. The topological polar surface area (TPSA) is 91.8 Å². The Balaban J connectivity index is 1.40. The van der Waals surface area contributed by atoms with Gasteiger partial charge in [0.1, 0.15) is 0 Å². The van der Waals surface area contributed by atoms with Crippen molar-refractivity contribution >= 4 is 19.2 Å². The number of ether oxygens (including phenoxy) is 2. The number of nitrogens with zero attached hydrogens (tertiary/aromatic N) is 1. The molecule has 2 aliphatic rings. The van der Waals surface area contributed by atoms with E-state index in [1.54, 1.807) is 0 Å². The van der Waals surface area contributed by atoms with Gasteiger partial charge in [-0.3, -0.25) is 0 Å². The monoisotopic (exact) mass is 718 g/mol. The Morgan fingerprint density at radius 3 is 1.76 bits per heavy atom. The molecule has 2 fully saturated rings. The van der Waals surface area contributed by atoms with Crippen molar-refractivity contribution in [2.45, 2.75) is 78.5 Å². The van der Waals surface area contributed by atoms with Gasteiger partial charge in [-0.1, -0.05) is 0 Å². The second kappa shape index (κ2) is 14.2. The summed E-state index contributed by atoms with van der Waals surface area (Å²) in [5.41, 5.74) is 1.07. The Morgan fingerprint density at radius 1 is 0.756 bits per heavy atom. The molecular weight excluding hydrogens is 675 g/mol. The summed E-state index contributed by atoms with van der Waals surface area (Å²) in [6.07, 6.45) is 3.60. The maximum atomic E-state index is 13.0. The minimum absolute atomic E-state index is 0.196. The molecule has 45 heavy (non-hydrogen) atoms. The number of nitrogens with one attached hydrogen (secondary N) is 1. The molecular formula is C36H42N2O6Sn. The molecule has 2 saturated heterocycles. The van der Waals surface area contributed by atoms with E-state index < -0.39 is 60.6 Å². The molecule has 0 amide bonds. The van der Waals surface area contributed by atoms with Crippen LogP contribution in [-0.2, 0) is 21.2 Å². The van der Waals surface area contributed by atoms with Gasteiger partial charge in [0.25, 0.3) is 0 Å². The van der Waals surface area contributed by atoms with Gasteiger partial charge in [-0.25, -0.2) is 0 Å². The third-order valence-electron chi connectivity index (χ3n) is 8.94. The first-order valence-corrected chi connectivity index (χ1v) is 22.5. The van der Waals surface area contributed by atoms with Crippen LogP contribution in [0.2, 0.25) is 8.87 Å². The first-order valence-electron chi connectivity index (χ1n) is 16.1. The van der Waals surface area contributed by atoms with Crippen LogP contribution >= 0.6 is 0 Å². The molecule has 3 aromatic carbocycles. The van der Waals surface area contributed by atoms with Crippen molar-refractivity contribution in [3.63, 3.8) is 0 Å². The van der Waals surface area contributed by atoms with Crippen LogP contribution in [0.1, 0.15) is 62.4 Å². The molecule has 9 heteroatoms. The van der Waals surface area contributed by atoms with Crippen LogP contribution in [0, 0.1) is 0 Å². The standard InChI is InChI=1S/C28H24N2O6.2C4H9.Sn/c31-23-16-17-30(27(34)29-23)26-25(33)24(32)22(36-26)18-35-28(19-10-4-1-5-11-19,20-12-6-2-7-13-20)21-14-8-3-9-15-21;2*1-3-4-2;/h1-17,22,24-26H,18H2,(H,29,31,34);2*1,3-4H2,2H3;/q-2;;;+2. The van der Waals surface area contributed by atoms with Gasteiger partial charge in [0.15, 0.2) is 0 Å². The molecule has 0 bridgehead atoms. The van der Waals surface area contributed by atoms with Crippen molar-refractivity contribution < 1.29 is 15.6 Å². The summed E-state index contributed by atoms with van der Waals surface area (Å²) in [4.78, 5) is 27.3. The molecule has 4 unspecified atom stereocenters. The second-order valence-corrected chi connectivity index (χ2v) is 21.4. The molecule has 0 radical (unpaired) electrons. The molecule has 236 valence electrons. The number of hydrogen-bond acceptors (Lipinski definition) is 6. The predicted octanol–water partition coefficient (Wildman–Crippen LogP) is 6.27. The zero-order valence-electron chi connectivity index (χ0n) is 26.0. The summed E-state index contributed by atoms with van der Waals surface area (Å²) >= 11 is -3.54. The summed E-state index contributed by atoms with van der Waals surface area (Å²) in [5, 5.41) is 0. The van der Waals surface area contributed by atoms with Crippen molar-refractivity contribution in [1.82, 2.24) is 9.55 Å². The van der Waals surface area contributed by atoms with E-state index in [9.17, 15) is 9.59 Å². The number of hydrogen-bond donors (Lipinski definition) is 1. The predicted molar refractivity (Wildman–Crippen MR) is 175 cm³/mol. The van der Waals surface area contributed by atoms with Gasteiger partial charge in [0, 0.05) is 0 Å². The quantitative estimate of drug-likeness (QED) is 0.130. The van der Waals surface area contributed by atoms with Crippen LogP contribution in [0.15, 0.2) is 113 Å². The SMILES string of the molecule is CCC[CH2][Sn]1([CH2]CCC)[O]C2C(COC(c3ccccc3)(c3ccccc3)c3ccccc3)OC(n3ccc(=O)[nH]c3=O)C2[O]1. The number of aromatic amines is 1. The van der Waals surface area contributed by atoms with Crippen molar-refractivity contribution in [2.24, 2.45) is 0 Å². The molecule has 2 aliphatic heterocycles. The summed E-state index contributed by atoms with van der Waals surface area (Å²) < 4.78 is 31.2. The summed E-state index contributed by atoms with van der Waals surface area (Å²) in [6, 6.07) is 32.1. The van der Waals surface area contributed by atoms with Crippen molar-refractivity contribution in [1.29, 1.82) is 0 Å². The number of unbranched alkanes of at least 4 members (excludes halogenated alkanes) is 2. The Morgan fingerprint density at radius 2 is 1.27 bits per heavy atom. The number of aromatic nitrogens is 2. The first kappa shape index (κ1) is 31.9. The van der Waals surface area contributed by atoms with E-state index in [1.165, 1.54) is 16.8 Å². The Kier molecular flexibility index (Phi) is 10.1. The first-order chi connectivity index (χ1) is 22.0. The molecule has 8 nitrogen and oxygen atoms in total. The number of rotatable bonds is 13. The molecule has 0 spiro atoms. The summed E-state index contributed by atoms with van der Waals surface area (Å²) in [7, 11) is 0. The fraction of sp³-hybridized carbons (Fsp3) is 0.389. The van der Waals surface area contributed by atoms with Crippen LogP contribution in [0.4, 0.5) is 0 Å². The fourth-order valence-corrected chi connectivity index (χ4v) is 18.4. The van der Waals surface area contributed by atoms with Crippen molar-refractivity contribution in [3.8, 4) is 0 Å². The minimum atomic E-state index is -3.54. The van der Waals surface area contributed by atoms with Crippen molar-refractivity contribution in [2.75, 3.05) is 6.61 Å². The van der Waals surface area contributed by atoms with Crippen molar-refractivity contribution in [3.05, 3.63) is 141 Å². The van der Waals surface area contributed by atoms with Crippen LogP contribution in [0.25, 0.3) is 0 Å². The van der Waals surface area contributed by atoms with E-state index in [1.807, 2.05) is 54.6 Å². The third-order valence-corrected chi connectivity index (χ3v) is 19.3. The molecule has 0 aliphatic carbocycles. The number of H-pyrrole nitrogens is 1. The molecule has 4 atom stereocenters. The van der Waals surface area contributed by atoms with Gasteiger partial charge in [-0.15, -0.1) is 0 Å². The van der Waals surface area contributed by atoms with E-state index in [-0.39, 0.29) is 6.61 Å².